The Balaban J connectivity index is 0.000000162. The lowest BCUT2D eigenvalue weighted by atomic mass is 10.3. The first-order valence-electron chi connectivity index (χ1n) is 5.94. The number of hydrogen-bond donors (Lipinski definition) is 1. The zero-order chi connectivity index (χ0) is 16.1. The molecule has 0 fully saturated rings. The summed E-state index contributed by atoms with van der Waals surface area (Å²) < 4.78 is 2.08. The maximum Gasteiger partial charge on any atom is 0.276 e. The molecule has 0 aliphatic rings. The van der Waals surface area contributed by atoms with E-state index in [1.165, 1.54) is 22.9 Å². The molecule has 0 saturated heterocycles. The van der Waals surface area contributed by atoms with Gasteiger partial charge in [-0.2, -0.15) is 0 Å². The van der Waals surface area contributed by atoms with Crippen molar-refractivity contribution in [3.63, 3.8) is 0 Å². The van der Waals surface area contributed by atoms with Crippen molar-refractivity contribution in [1.29, 1.82) is 0 Å². The highest BCUT2D eigenvalue weighted by molar-refractivity contribution is 7.73. The van der Waals surface area contributed by atoms with E-state index in [1.54, 1.807) is 11.3 Å². The third-order valence-electron chi connectivity index (χ3n) is 2.58. The number of aromatic nitrogens is 1. The van der Waals surface area contributed by atoms with Crippen LogP contribution in [-0.4, -0.2) is 14.8 Å². The minimum absolute atomic E-state index is 0.274. The average molecular weight is 335 g/mol. The molecular weight excluding hydrogens is 326 g/mol. The van der Waals surface area contributed by atoms with Crippen LogP contribution in [0.3, 0.4) is 0 Å². The fraction of sp³-hybridized carbons (Fsp3) is 0. The fourth-order valence-electron chi connectivity index (χ4n) is 1.61. The number of rotatable bonds is 2. The van der Waals surface area contributed by atoms with Crippen LogP contribution in [0.15, 0.2) is 48.5 Å². The van der Waals surface area contributed by atoms with Crippen molar-refractivity contribution < 1.29 is 9.85 Å². The SMILES string of the molecule is O=[N+]([O-])c1cccc([N+](=O)[O-])c1.S=c1[nH]c2ccccc2s1. The molecule has 1 N–H and O–H groups in total. The van der Waals surface area contributed by atoms with Crippen molar-refractivity contribution in [3.05, 3.63) is 72.7 Å². The Morgan fingerprint density at radius 3 is 2.09 bits per heavy atom. The number of thiazole rings is 1. The number of nitrogens with zero attached hydrogens (tertiary/aromatic N) is 2. The van der Waals surface area contributed by atoms with Crippen molar-refractivity contribution in [2.45, 2.75) is 0 Å². The van der Waals surface area contributed by atoms with Gasteiger partial charge in [0.15, 0.2) is 3.95 Å². The van der Waals surface area contributed by atoms with E-state index >= 15 is 0 Å². The highest BCUT2D eigenvalue weighted by Gasteiger charge is 2.11. The minimum Gasteiger partial charge on any atom is -0.337 e. The van der Waals surface area contributed by atoms with E-state index < -0.39 is 9.85 Å². The maximum absolute atomic E-state index is 10.2. The van der Waals surface area contributed by atoms with Crippen LogP contribution in [0.4, 0.5) is 11.4 Å². The summed E-state index contributed by atoms with van der Waals surface area (Å²) in [5, 5.41) is 20.3. The van der Waals surface area contributed by atoms with Crippen LogP contribution in [0.2, 0.25) is 0 Å². The van der Waals surface area contributed by atoms with E-state index in [1.807, 2.05) is 18.2 Å². The average Bonchev–Trinajstić information content (AvgIpc) is 2.88. The maximum atomic E-state index is 10.2. The Morgan fingerprint density at radius 1 is 0.955 bits per heavy atom. The normalized spacial score (nSPS) is 9.82. The summed E-state index contributed by atoms with van der Waals surface area (Å²) in [5.41, 5.74) is 0.589. The molecule has 2 aromatic carbocycles. The molecule has 0 atom stereocenters. The van der Waals surface area contributed by atoms with Crippen LogP contribution in [0.5, 0.6) is 0 Å². The highest BCUT2D eigenvalue weighted by Crippen LogP contribution is 2.18. The van der Waals surface area contributed by atoms with Gasteiger partial charge in [0.2, 0.25) is 0 Å². The molecule has 0 radical (unpaired) electrons. The van der Waals surface area contributed by atoms with Gasteiger partial charge in [-0.3, -0.25) is 20.2 Å². The summed E-state index contributed by atoms with van der Waals surface area (Å²) in [5.74, 6) is 0. The second kappa shape index (κ2) is 6.87. The predicted octanol–water partition coefficient (Wildman–Crippen LogP) is 4.46. The second-order valence-electron chi connectivity index (χ2n) is 4.04. The summed E-state index contributed by atoms with van der Waals surface area (Å²) in [6.07, 6.45) is 0. The number of nitro groups is 2. The third kappa shape index (κ3) is 3.93. The number of nitro benzene ring substituents is 2. The lowest BCUT2D eigenvalue weighted by Crippen LogP contribution is -1.91. The van der Waals surface area contributed by atoms with Gasteiger partial charge in [0.1, 0.15) is 0 Å². The largest absolute Gasteiger partial charge is 0.337 e. The van der Waals surface area contributed by atoms with Gasteiger partial charge in [0.25, 0.3) is 11.4 Å². The van der Waals surface area contributed by atoms with Crippen LogP contribution in [-0.2, 0) is 0 Å². The van der Waals surface area contributed by atoms with Crippen molar-refractivity contribution in [2.75, 3.05) is 0 Å². The molecule has 7 nitrogen and oxygen atoms in total. The highest BCUT2D eigenvalue weighted by atomic mass is 32.1. The first-order chi connectivity index (χ1) is 10.5. The van der Waals surface area contributed by atoms with E-state index in [-0.39, 0.29) is 11.4 Å². The molecule has 3 aromatic rings. The molecule has 0 unspecified atom stereocenters. The number of nitrogens with one attached hydrogen (secondary N) is 1. The zero-order valence-corrected chi connectivity index (χ0v) is 12.6. The number of benzene rings is 2. The van der Waals surface area contributed by atoms with Gasteiger partial charge in [0.05, 0.1) is 26.1 Å². The summed E-state index contributed by atoms with van der Waals surface area (Å²) in [7, 11) is 0. The molecule has 3 rings (SSSR count). The molecule has 9 heteroatoms. The number of hydrogen-bond acceptors (Lipinski definition) is 6. The Morgan fingerprint density at radius 2 is 1.55 bits per heavy atom. The van der Waals surface area contributed by atoms with Gasteiger partial charge in [-0.15, -0.1) is 11.3 Å². The lowest BCUT2D eigenvalue weighted by molar-refractivity contribution is -0.394. The monoisotopic (exact) mass is 335 g/mol. The molecule has 1 heterocycles. The molecule has 0 aliphatic heterocycles. The molecule has 0 amide bonds. The summed E-state index contributed by atoms with van der Waals surface area (Å²) in [6.45, 7) is 0. The molecule has 22 heavy (non-hydrogen) atoms. The smallest absolute Gasteiger partial charge is 0.276 e. The van der Waals surface area contributed by atoms with Gasteiger partial charge in [0, 0.05) is 12.1 Å². The van der Waals surface area contributed by atoms with E-state index in [9.17, 15) is 20.2 Å². The Labute approximate surface area is 133 Å². The Hall–Kier alpha value is -2.65. The molecule has 0 bridgehead atoms. The molecule has 112 valence electrons. The summed E-state index contributed by atoms with van der Waals surface area (Å²) >= 11 is 6.59. The quantitative estimate of drug-likeness (QED) is 0.423. The van der Waals surface area contributed by atoms with Crippen molar-refractivity contribution in [3.8, 4) is 0 Å². The zero-order valence-electron chi connectivity index (χ0n) is 11.0. The van der Waals surface area contributed by atoms with Crippen LogP contribution in [0.25, 0.3) is 10.2 Å². The van der Waals surface area contributed by atoms with Crippen molar-refractivity contribution in [1.82, 2.24) is 4.98 Å². The van der Waals surface area contributed by atoms with Gasteiger partial charge in [-0.05, 0) is 30.4 Å². The van der Waals surface area contributed by atoms with Gasteiger partial charge >= 0.3 is 0 Å². The van der Waals surface area contributed by atoms with Crippen molar-refractivity contribution >= 4 is 45.1 Å². The topological polar surface area (TPSA) is 102 Å². The van der Waals surface area contributed by atoms with E-state index in [0.717, 1.165) is 15.5 Å². The fourth-order valence-corrected chi connectivity index (χ4v) is 2.73. The van der Waals surface area contributed by atoms with Crippen LogP contribution < -0.4 is 0 Å². The van der Waals surface area contributed by atoms with Crippen molar-refractivity contribution in [2.24, 2.45) is 0 Å². The molecule has 0 saturated carbocycles. The van der Waals surface area contributed by atoms with Crippen LogP contribution in [0.1, 0.15) is 0 Å². The Bertz CT molecular complexity index is 823. The number of aromatic amines is 1. The first-order valence-corrected chi connectivity index (χ1v) is 7.16. The number of para-hydroxylation sites is 1. The van der Waals surface area contributed by atoms with Gasteiger partial charge < -0.3 is 4.98 Å². The number of fused-ring (bicyclic) bond motifs is 1. The molecule has 0 spiro atoms. The minimum atomic E-state index is -0.674. The summed E-state index contributed by atoms with van der Waals surface area (Å²) in [4.78, 5) is 22.1. The second-order valence-corrected chi connectivity index (χ2v) is 5.76. The van der Waals surface area contributed by atoms with E-state index in [2.05, 4.69) is 11.1 Å². The van der Waals surface area contributed by atoms with Crippen LogP contribution in [0, 0.1) is 24.2 Å². The van der Waals surface area contributed by atoms with E-state index in [0.29, 0.717) is 0 Å². The molecular formula is C13H9N3O4S2. The standard InChI is InChI=1S/C7H5NS2.C6H4N2O4/c9-7-8-5-3-1-2-4-6(5)10-7;9-7(10)5-2-1-3-6(4-5)8(11)12/h1-4H,(H,8,9);1-4H. The van der Waals surface area contributed by atoms with E-state index in [4.69, 9.17) is 12.2 Å². The molecule has 0 aliphatic carbocycles. The molecule has 1 aromatic heterocycles. The number of non-ortho nitro benzene ring substituents is 2. The lowest BCUT2D eigenvalue weighted by Gasteiger charge is -1.90. The van der Waals surface area contributed by atoms with Gasteiger partial charge in [-0.1, -0.05) is 12.1 Å². The Kier molecular flexibility index (Phi) is 4.92. The third-order valence-corrected chi connectivity index (χ3v) is 3.79. The number of H-pyrrole nitrogens is 1. The van der Waals surface area contributed by atoms with Crippen LogP contribution >= 0.6 is 23.6 Å². The summed E-state index contributed by atoms with van der Waals surface area (Å²) in [6, 6.07) is 12.7. The predicted molar refractivity (Wildman–Crippen MR) is 86.8 cm³/mol. The first kappa shape index (κ1) is 15.7. The van der Waals surface area contributed by atoms with Gasteiger partial charge in [-0.25, -0.2) is 0 Å².